The van der Waals surface area contributed by atoms with Gasteiger partial charge in [-0.25, -0.2) is 0 Å². The molecule has 0 aliphatic rings. The Morgan fingerprint density at radius 1 is 0.706 bits per heavy atom. The zero-order chi connectivity index (χ0) is 12.8. The highest BCUT2D eigenvalue weighted by atomic mass is 16.5. The maximum atomic E-state index is 5.51. The molecule has 17 heavy (non-hydrogen) atoms. The highest BCUT2D eigenvalue weighted by Gasteiger charge is 1.93. The second-order valence-corrected chi connectivity index (χ2v) is 4.80. The van der Waals surface area contributed by atoms with E-state index in [1.54, 1.807) is 0 Å². The third kappa shape index (κ3) is 15.9. The molecule has 3 heteroatoms. The van der Waals surface area contributed by atoms with Gasteiger partial charge in [-0.15, -0.1) is 0 Å². The van der Waals surface area contributed by atoms with Crippen molar-refractivity contribution in [1.82, 2.24) is 4.90 Å². The van der Waals surface area contributed by atoms with E-state index in [9.17, 15) is 0 Å². The highest BCUT2D eigenvalue weighted by molar-refractivity contribution is 4.44. The Morgan fingerprint density at radius 2 is 1.29 bits per heavy atom. The van der Waals surface area contributed by atoms with Gasteiger partial charge < -0.3 is 14.4 Å². The van der Waals surface area contributed by atoms with Crippen LogP contribution in [0.15, 0.2) is 0 Å². The topological polar surface area (TPSA) is 21.7 Å². The van der Waals surface area contributed by atoms with Crippen molar-refractivity contribution >= 4 is 0 Å². The standard InChI is InChI=1S/C14H31NO2/c1-4-5-6-7-8-9-11-16-13-14-17-12-10-15(2)3/h4-14H2,1-3H3. The molecule has 104 valence electrons. The Labute approximate surface area is 107 Å². The molecule has 0 N–H and O–H groups in total. The highest BCUT2D eigenvalue weighted by Crippen LogP contribution is 2.04. The van der Waals surface area contributed by atoms with Gasteiger partial charge >= 0.3 is 0 Å². The van der Waals surface area contributed by atoms with E-state index >= 15 is 0 Å². The summed E-state index contributed by atoms with van der Waals surface area (Å²) in [5.74, 6) is 0. The summed E-state index contributed by atoms with van der Waals surface area (Å²) in [4.78, 5) is 2.12. The monoisotopic (exact) mass is 245 g/mol. The second-order valence-electron chi connectivity index (χ2n) is 4.80. The predicted octanol–water partition coefficient (Wildman–Crippen LogP) is 2.94. The van der Waals surface area contributed by atoms with Crippen LogP contribution in [0.4, 0.5) is 0 Å². The maximum absolute atomic E-state index is 5.51. The molecule has 0 rings (SSSR count). The molecule has 0 radical (unpaired) electrons. The molecule has 0 aromatic heterocycles. The van der Waals surface area contributed by atoms with Crippen LogP contribution in [0.1, 0.15) is 45.4 Å². The van der Waals surface area contributed by atoms with Crippen LogP contribution in [0, 0.1) is 0 Å². The normalized spacial score (nSPS) is 11.3. The number of hydrogen-bond donors (Lipinski definition) is 0. The summed E-state index contributed by atoms with van der Waals surface area (Å²) in [5.41, 5.74) is 0. The molecule has 0 bridgehead atoms. The van der Waals surface area contributed by atoms with Crippen molar-refractivity contribution < 1.29 is 9.47 Å². The molecule has 0 atom stereocenters. The predicted molar refractivity (Wildman–Crippen MR) is 73.6 cm³/mol. The molecule has 0 aromatic carbocycles. The van der Waals surface area contributed by atoms with Gasteiger partial charge in [0, 0.05) is 13.2 Å². The minimum atomic E-state index is 0.726. The molecule has 0 heterocycles. The summed E-state index contributed by atoms with van der Waals surface area (Å²) in [6, 6.07) is 0. The van der Waals surface area contributed by atoms with Gasteiger partial charge in [0.2, 0.25) is 0 Å². The maximum Gasteiger partial charge on any atom is 0.0701 e. The van der Waals surface area contributed by atoms with Crippen LogP contribution in [0.25, 0.3) is 0 Å². The molecule has 0 aliphatic carbocycles. The van der Waals surface area contributed by atoms with Gasteiger partial charge in [0.25, 0.3) is 0 Å². The SMILES string of the molecule is CCCCCCCCOCCOCCN(C)C. The van der Waals surface area contributed by atoms with E-state index in [4.69, 9.17) is 9.47 Å². The van der Waals surface area contributed by atoms with Gasteiger partial charge in [-0.1, -0.05) is 39.0 Å². The number of likely N-dealkylation sites (N-methyl/N-ethyl adjacent to an activating group) is 1. The minimum absolute atomic E-state index is 0.726. The third-order valence-corrected chi connectivity index (χ3v) is 2.70. The molecule has 0 aliphatic heterocycles. The average molecular weight is 245 g/mol. The first-order valence-corrected chi connectivity index (χ1v) is 7.07. The van der Waals surface area contributed by atoms with E-state index in [1.165, 1.54) is 38.5 Å². The molecule has 0 unspecified atom stereocenters. The first kappa shape index (κ1) is 16.9. The van der Waals surface area contributed by atoms with Crippen molar-refractivity contribution in [2.45, 2.75) is 45.4 Å². The summed E-state index contributed by atoms with van der Waals surface area (Å²) in [6.45, 7) is 6.39. The fraction of sp³-hybridized carbons (Fsp3) is 1.00. The largest absolute Gasteiger partial charge is 0.379 e. The summed E-state index contributed by atoms with van der Waals surface area (Å²) in [6.07, 6.45) is 7.94. The van der Waals surface area contributed by atoms with E-state index in [2.05, 4.69) is 25.9 Å². The lowest BCUT2D eigenvalue weighted by Crippen LogP contribution is -2.19. The van der Waals surface area contributed by atoms with Crippen molar-refractivity contribution in [3.63, 3.8) is 0 Å². The van der Waals surface area contributed by atoms with Gasteiger partial charge in [-0.3, -0.25) is 0 Å². The van der Waals surface area contributed by atoms with Crippen molar-refractivity contribution in [3.8, 4) is 0 Å². The molecule has 0 amide bonds. The van der Waals surface area contributed by atoms with Crippen LogP contribution in [-0.4, -0.2) is 52.0 Å². The number of ether oxygens (including phenoxy) is 2. The number of rotatable bonds is 13. The zero-order valence-electron chi connectivity index (χ0n) is 12.0. The molecule has 0 saturated carbocycles. The van der Waals surface area contributed by atoms with Crippen LogP contribution >= 0.6 is 0 Å². The molecule has 0 fully saturated rings. The van der Waals surface area contributed by atoms with Crippen LogP contribution < -0.4 is 0 Å². The quantitative estimate of drug-likeness (QED) is 0.466. The number of hydrogen-bond acceptors (Lipinski definition) is 3. The lowest BCUT2D eigenvalue weighted by atomic mass is 10.1. The Balaban J connectivity index is 2.89. The second kappa shape index (κ2) is 13.9. The smallest absolute Gasteiger partial charge is 0.0701 e. The lowest BCUT2D eigenvalue weighted by Gasteiger charge is -2.10. The molecular formula is C14H31NO2. The van der Waals surface area contributed by atoms with Gasteiger partial charge in [-0.05, 0) is 20.5 Å². The summed E-state index contributed by atoms with van der Waals surface area (Å²) in [5, 5.41) is 0. The molecule has 0 spiro atoms. The Bertz CT molecular complexity index is 140. The van der Waals surface area contributed by atoms with Crippen LogP contribution in [-0.2, 0) is 9.47 Å². The van der Waals surface area contributed by atoms with Gasteiger partial charge in [0.1, 0.15) is 0 Å². The van der Waals surface area contributed by atoms with Crippen molar-refractivity contribution in [1.29, 1.82) is 0 Å². The molecule has 3 nitrogen and oxygen atoms in total. The van der Waals surface area contributed by atoms with Crippen molar-refractivity contribution in [3.05, 3.63) is 0 Å². The van der Waals surface area contributed by atoms with Crippen LogP contribution in [0.5, 0.6) is 0 Å². The first-order valence-electron chi connectivity index (χ1n) is 7.07. The Hall–Kier alpha value is -0.120. The van der Waals surface area contributed by atoms with Crippen LogP contribution in [0.2, 0.25) is 0 Å². The average Bonchev–Trinajstić information content (AvgIpc) is 2.30. The van der Waals surface area contributed by atoms with Crippen molar-refractivity contribution in [2.75, 3.05) is 47.1 Å². The summed E-state index contributed by atoms with van der Waals surface area (Å²) >= 11 is 0. The fourth-order valence-electron chi connectivity index (χ4n) is 1.55. The minimum Gasteiger partial charge on any atom is -0.379 e. The van der Waals surface area contributed by atoms with Gasteiger partial charge in [-0.2, -0.15) is 0 Å². The van der Waals surface area contributed by atoms with E-state index in [0.717, 1.165) is 33.0 Å². The number of unbranched alkanes of at least 4 members (excludes halogenated alkanes) is 5. The van der Waals surface area contributed by atoms with E-state index < -0.39 is 0 Å². The first-order chi connectivity index (χ1) is 8.27. The molecular weight excluding hydrogens is 214 g/mol. The zero-order valence-corrected chi connectivity index (χ0v) is 12.0. The summed E-state index contributed by atoms with van der Waals surface area (Å²) < 4.78 is 10.9. The summed E-state index contributed by atoms with van der Waals surface area (Å²) in [7, 11) is 4.11. The van der Waals surface area contributed by atoms with Crippen molar-refractivity contribution in [2.24, 2.45) is 0 Å². The van der Waals surface area contributed by atoms with E-state index in [-0.39, 0.29) is 0 Å². The van der Waals surface area contributed by atoms with Gasteiger partial charge in [0.05, 0.1) is 19.8 Å². The Morgan fingerprint density at radius 3 is 1.94 bits per heavy atom. The van der Waals surface area contributed by atoms with E-state index in [0.29, 0.717) is 0 Å². The molecule has 0 aromatic rings. The molecule has 0 saturated heterocycles. The van der Waals surface area contributed by atoms with E-state index in [1.807, 2.05) is 0 Å². The fourth-order valence-corrected chi connectivity index (χ4v) is 1.55. The third-order valence-electron chi connectivity index (χ3n) is 2.70. The lowest BCUT2D eigenvalue weighted by molar-refractivity contribution is 0.0414. The number of nitrogens with zero attached hydrogens (tertiary/aromatic N) is 1. The van der Waals surface area contributed by atoms with Gasteiger partial charge in [0.15, 0.2) is 0 Å². The van der Waals surface area contributed by atoms with Crippen LogP contribution in [0.3, 0.4) is 0 Å². The Kier molecular flexibility index (Phi) is 13.8.